The maximum absolute atomic E-state index is 5.69. The Bertz CT molecular complexity index is 682. The van der Waals surface area contributed by atoms with Gasteiger partial charge in [-0.15, -0.1) is 24.0 Å². The van der Waals surface area contributed by atoms with Crippen molar-refractivity contribution < 1.29 is 4.74 Å². The fourth-order valence-electron chi connectivity index (χ4n) is 2.28. The molecule has 1 aromatic heterocycles. The van der Waals surface area contributed by atoms with Crippen LogP contribution in [0.1, 0.15) is 18.1 Å². The maximum Gasteiger partial charge on any atom is 0.191 e. The predicted molar refractivity (Wildman–Crippen MR) is 115 cm³/mol. The third kappa shape index (κ3) is 7.21. The summed E-state index contributed by atoms with van der Waals surface area (Å²) in [4.78, 5) is 4.63. The summed E-state index contributed by atoms with van der Waals surface area (Å²) in [5.74, 6) is 1.66. The Morgan fingerprint density at radius 1 is 1.28 bits per heavy atom. The van der Waals surface area contributed by atoms with E-state index in [4.69, 9.17) is 4.74 Å². The number of ether oxygens (including phenoxy) is 1. The fourth-order valence-corrected chi connectivity index (χ4v) is 2.28. The van der Waals surface area contributed by atoms with Crippen LogP contribution < -0.4 is 15.4 Å². The maximum atomic E-state index is 5.69. The second-order valence-electron chi connectivity index (χ2n) is 5.44. The van der Waals surface area contributed by atoms with E-state index in [9.17, 15) is 0 Å². The third-order valence-electron chi connectivity index (χ3n) is 3.43. The molecule has 0 atom stereocenters. The first kappa shape index (κ1) is 21.1. The minimum atomic E-state index is 0. The van der Waals surface area contributed by atoms with Crippen molar-refractivity contribution in [3.05, 3.63) is 66.5 Å². The molecule has 0 aliphatic carbocycles. The molecule has 136 valence electrons. The van der Waals surface area contributed by atoms with Crippen LogP contribution in [0, 0.1) is 0 Å². The standard InChI is InChI=1S/C19H26N4O.HI/c1-4-12-24-18-9-7-6-8-17(18)14-22-19(20-5-2)21-13-16-10-11-23(3)15-16;/h4,6-11,15H,1,5,12-14H2,2-3H3,(H2,20,21,22);1H. The van der Waals surface area contributed by atoms with Gasteiger partial charge in [0, 0.05) is 38.1 Å². The van der Waals surface area contributed by atoms with Crippen molar-refractivity contribution in [1.82, 2.24) is 15.2 Å². The van der Waals surface area contributed by atoms with E-state index >= 15 is 0 Å². The molecule has 0 bridgehead atoms. The van der Waals surface area contributed by atoms with Crippen LogP contribution in [-0.2, 0) is 20.1 Å². The van der Waals surface area contributed by atoms with Gasteiger partial charge >= 0.3 is 0 Å². The van der Waals surface area contributed by atoms with Gasteiger partial charge in [-0.25, -0.2) is 4.99 Å². The zero-order valence-electron chi connectivity index (χ0n) is 14.9. The Labute approximate surface area is 167 Å². The molecule has 0 saturated heterocycles. The lowest BCUT2D eigenvalue weighted by Gasteiger charge is -2.14. The van der Waals surface area contributed by atoms with Crippen LogP contribution in [0.3, 0.4) is 0 Å². The number of guanidine groups is 1. The number of aryl methyl sites for hydroxylation is 1. The third-order valence-corrected chi connectivity index (χ3v) is 3.43. The van der Waals surface area contributed by atoms with Crippen molar-refractivity contribution >= 4 is 29.9 Å². The van der Waals surface area contributed by atoms with Crippen molar-refractivity contribution in [3.8, 4) is 5.75 Å². The SMILES string of the molecule is C=CCOc1ccccc1CNC(=NCc1ccn(C)c1)NCC.I. The Kier molecular flexibility index (Phi) is 9.76. The van der Waals surface area contributed by atoms with Gasteiger partial charge in [-0.3, -0.25) is 0 Å². The van der Waals surface area contributed by atoms with Crippen molar-refractivity contribution in [2.24, 2.45) is 12.0 Å². The van der Waals surface area contributed by atoms with Crippen LogP contribution >= 0.6 is 24.0 Å². The molecule has 2 aromatic rings. The van der Waals surface area contributed by atoms with Crippen LogP contribution in [-0.4, -0.2) is 23.7 Å². The predicted octanol–water partition coefficient (Wildman–Crippen LogP) is 3.46. The van der Waals surface area contributed by atoms with Gasteiger partial charge in [0.1, 0.15) is 12.4 Å². The second kappa shape index (κ2) is 11.6. The highest BCUT2D eigenvalue weighted by Gasteiger charge is 2.04. The van der Waals surface area contributed by atoms with E-state index in [2.05, 4.69) is 41.4 Å². The van der Waals surface area contributed by atoms with Crippen molar-refractivity contribution in [2.75, 3.05) is 13.2 Å². The summed E-state index contributed by atoms with van der Waals surface area (Å²) in [6.45, 7) is 8.35. The lowest BCUT2D eigenvalue weighted by atomic mass is 10.2. The molecule has 0 radical (unpaired) electrons. The van der Waals surface area contributed by atoms with Gasteiger partial charge in [0.05, 0.1) is 6.54 Å². The van der Waals surface area contributed by atoms with Gasteiger partial charge in [-0.05, 0) is 24.6 Å². The largest absolute Gasteiger partial charge is 0.489 e. The number of hydrogen-bond acceptors (Lipinski definition) is 2. The topological polar surface area (TPSA) is 50.6 Å². The van der Waals surface area contributed by atoms with E-state index in [1.54, 1.807) is 6.08 Å². The number of hydrogen-bond donors (Lipinski definition) is 2. The Morgan fingerprint density at radius 3 is 2.76 bits per heavy atom. The van der Waals surface area contributed by atoms with E-state index in [0.717, 1.165) is 23.8 Å². The minimum Gasteiger partial charge on any atom is -0.489 e. The van der Waals surface area contributed by atoms with E-state index in [1.807, 2.05) is 42.1 Å². The van der Waals surface area contributed by atoms with Crippen molar-refractivity contribution in [1.29, 1.82) is 0 Å². The molecule has 0 saturated carbocycles. The first-order valence-corrected chi connectivity index (χ1v) is 8.17. The number of nitrogens with one attached hydrogen (secondary N) is 2. The fraction of sp³-hybridized carbons (Fsp3) is 0.316. The molecule has 25 heavy (non-hydrogen) atoms. The van der Waals surface area contributed by atoms with E-state index in [-0.39, 0.29) is 24.0 Å². The minimum absolute atomic E-state index is 0. The van der Waals surface area contributed by atoms with E-state index in [0.29, 0.717) is 19.7 Å². The molecule has 1 aromatic carbocycles. The molecule has 0 aliphatic rings. The van der Waals surface area contributed by atoms with Crippen LogP contribution in [0.15, 0.2) is 60.4 Å². The normalized spacial score (nSPS) is 10.7. The smallest absolute Gasteiger partial charge is 0.191 e. The Hall–Kier alpha value is -1.96. The summed E-state index contributed by atoms with van der Waals surface area (Å²) in [6.07, 6.45) is 5.85. The highest BCUT2D eigenvalue weighted by Crippen LogP contribution is 2.17. The molecule has 2 N–H and O–H groups in total. The van der Waals surface area contributed by atoms with Crippen LogP contribution in [0.25, 0.3) is 0 Å². The van der Waals surface area contributed by atoms with Gasteiger partial charge in [-0.1, -0.05) is 30.9 Å². The summed E-state index contributed by atoms with van der Waals surface area (Å²) < 4.78 is 7.72. The van der Waals surface area contributed by atoms with E-state index < -0.39 is 0 Å². The summed E-state index contributed by atoms with van der Waals surface area (Å²) in [5, 5.41) is 6.62. The lowest BCUT2D eigenvalue weighted by molar-refractivity contribution is 0.358. The number of benzene rings is 1. The summed E-state index contributed by atoms with van der Waals surface area (Å²) in [6, 6.07) is 10.1. The van der Waals surface area contributed by atoms with E-state index in [1.165, 1.54) is 5.56 Å². The monoisotopic (exact) mass is 454 g/mol. The molecule has 0 amide bonds. The highest BCUT2D eigenvalue weighted by molar-refractivity contribution is 14.0. The molecule has 0 aliphatic heterocycles. The summed E-state index contributed by atoms with van der Waals surface area (Å²) >= 11 is 0. The molecular weight excluding hydrogens is 427 g/mol. The van der Waals surface area contributed by atoms with Gasteiger partial charge < -0.3 is 19.9 Å². The molecule has 0 unspecified atom stereocenters. The quantitative estimate of drug-likeness (QED) is 0.278. The van der Waals surface area contributed by atoms with Crippen LogP contribution in [0.5, 0.6) is 5.75 Å². The Morgan fingerprint density at radius 2 is 2.08 bits per heavy atom. The van der Waals surface area contributed by atoms with Gasteiger partial charge in [0.2, 0.25) is 0 Å². The van der Waals surface area contributed by atoms with Crippen molar-refractivity contribution in [3.63, 3.8) is 0 Å². The number of para-hydroxylation sites is 1. The zero-order chi connectivity index (χ0) is 17.2. The molecule has 0 spiro atoms. The molecular formula is C19H27IN4O. The average Bonchev–Trinajstić information content (AvgIpc) is 3.01. The lowest BCUT2D eigenvalue weighted by Crippen LogP contribution is -2.36. The molecule has 1 heterocycles. The number of aliphatic imine (C=N–C) groups is 1. The summed E-state index contributed by atoms with van der Waals surface area (Å²) in [5.41, 5.74) is 2.27. The second-order valence-corrected chi connectivity index (χ2v) is 5.44. The first-order chi connectivity index (χ1) is 11.7. The van der Waals surface area contributed by atoms with Crippen LogP contribution in [0.4, 0.5) is 0 Å². The number of nitrogens with zero attached hydrogens (tertiary/aromatic N) is 2. The molecule has 2 rings (SSSR count). The number of rotatable bonds is 8. The zero-order valence-corrected chi connectivity index (χ0v) is 17.2. The highest BCUT2D eigenvalue weighted by atomic mass is 127. The van der Waals surface area contributed by atoms with Crippen molar-refractivity contribution in [2.45, 2.75) is 20.0 Å². The molecule has 6 heteroatoms. The van der Waals surface area contributed by atoms with Gasteiger partial charge in [0.25, 0.3) is 0 Å². The average molecular weight is 454 g/mol. The molecule has 0 fully saturated rings. The van der Waals surface area contributed by atoms with Crippen LogP contribution in [0.2, 0.25) is 0 Å². The number of aromatic nitrogens is 1. The first-order valence-electron chi connectivity index (χ1n) is 8.17. The summed E-state index contributed by atoms with van der Waals surface area (Å²) in [7, 11) is 2.01. The number of halogens is 1. The molecule has 5 nitrogen and oxygen atoms in total. The van der Waals surface area contributed by atoms with Gasteiger partial charge in [-0.2, -0.15) is 0 Å². The Balaban J connectivity index is 0.00000312. The van der Waals surface area contributed by atoms with Gasteiger partial charge in [0.15, 0.2) is 5.96 Å².